The summed E-state index contributed by atoms with van der Waals surface area (Å²) in [5.74, 6) is 0. The first-order valence-corrected chi connectivity index (χ1v) is 7.70. The monoisotopic (exact) mass is 326 g/mol. The van der Waals surface area contributed by atoms with Gasteiger partial charge >= 0.3 is 6.03 Å². The van der Waals surface area contributed by atoms with Crippen LogP contribution < -0.4 is 10.6 Å². The van der Waals surface area contributed by atoms with Crippen LogP contribution >= 0.6 is 0 Å². The molecule has 130 valence electrons. The molecule has 0 aromatic carbocycles. The van der Waals surface area contributed by atoms with Crippen molar-refractivity contribution in [1.82, 2.24) is 30.5 Å². The number of carbonyl (C=O) groups excluding carboxylic acids is 1. The highest BCUT2D eigenvalue weighted by atomic mass is 16.5. The summed E-state index contributed by atoms with van der Waals surface area (Å²) in [5.41, 5.74) is 0.696. The molecule has 2 amide bonds. The zero-order valence-corrected chi connectivity index (χ0v) is 14.2. The lowest BCUT2D eigenvalue weighted by atomic mass is 10.2. The van der Waals surface area contributed by atoms with Crippen LogP contribution in [0.1, 0.15) is 18.7 Å². The van der Waals surface area contributed by atoms with Gasteiger partial charge in [-0.1, -0.05) is 5.21 Å². The van der Waals surface area contributed by atoms with E-state index in [9.17, 15) is 4.79 Å². The van der Waals surface area contributed by atoms with Gasteiger partial charge in [0.25, 0.3) is 0 Å². The minimum atomic E-state index is -0.215. The van der Waals surface area contributed by atoms with E-state index in [-0.39, 0.29) is 24.2 Å². The molecule has 0 saturated carbocycles. The van der Waals surface area contributed by atoms with Crippen molar-refractivity contribution < 1.29 is 14.3 Å². The lowest BCUT2D eigenvalue weighted by Crippen LogP contribution is -2.44. The van der Waals surface area contributed by atoms with Gasteiger partial charge in [-0.3, -0.25) is 0 Å². The van der Waals surface area contributed by atoms with Crippen molar-refractivity contribution in [2.45, 2.75) is 31.7 Å². The van der Waals surface area contributed by atoms with Crippen molar-refractivity contribution in [3.05, 3.63) is 11.9 Å². The average Bonchev–Trinajstić information content (AvgIpc) is 3.12. The van der Waals surface area contributed by atoms with Crippen LogP contribution in [0.4, 0.5) is 4.79 Å². The maximum atomic E-state index is 11.8. The van der Waals surface area contributed by atoms with Crippen molar-refractivity contribution in [1.29, 1.82) is 0 Å². The summed E-state index contributed by atoms with van der Waals surface area (Å²) in [5, 5.41) is 13.8. The van der Waals surface area contributed by atoms with E-state index in [0.29, 0.717) is 25.5 Å². The molecule has 9 heteroatoms. The Labute approximate surface area is 136 Å². The normalized spacial score (nSPS) is 22.3. The van der Waals surface area contributed by atoms with Crippen molar-refractivity contribution in [3.63, 3.8) is 0 Å². The van der Waals surface area contributed by atoms with E-state index in [1.165, 1.54) is 0 Å². The number of ether oxygens (including phenoxy) is 2. The van der Waals surface area contributed by atoms with E-state index in [1.807, 2.05) is 32.1 Å². The van der Waals surface area contributed by atoms with Gasteiger partial charge in [-0.25, -0.2) is 9.48 Å². The standard InChI is InChI=1S/C14H26N6O3/c1-10(6-19(2)3)16-14(21)15-5-11-7-20(18-17-11)12-8-23-9-13(12)22-4/h7,10,12-13H,5-6,8-9H2,1-4H3,(H2,15,16,21)/t10-,12+,13+/m0/s1. The van der Waals surface area contributed by atoms with Gasteiger partial charge in [-0.05, 0) is 21.0 Å². The van der Waals surface area contributed by atoms with Crippen LogP contribution in [0, 0.1) is 0 Å². The van der Waals surface area contributed by atoms with Crippen LogP contribution in [0.2, 0.25) is 0 Å². The fourth-order valence-corrected chi connectivity index (χ4v) is 2.59. The molecule has 0 aliphatic carbocycles. The minimum absolute atomic E-state index is 0.0207. The number of likely N-dealkylation sites (N-methyl/N-ethyl adjacent to an activating group) is 1. The number of hydrogen-bond acceptors (Lipinski definition) is 6. The molecule has 1 saturated heterocycles. The highest BCUT2D eigenvalue weighted by Crippen LogP contribution is 2.20. The van der Waals surface area contributed by atoms with Gasteiger partial charge in [0.1, 0.15) is 17.8 Å². The molecule has 1 aliphatic heterocycles. The minimum Gasteiger partial charge on any atom is -0.377 e. The van der Waals surface area contributed by atoms with Crippen LogP contribution in [0.3, 0.4) is 0 Å². The van der Waals surface area contributed by atoms with Crippen LogP contribution in [-0.4, -0.2) is 79.0 Å². The van der Waals surface area contributed by atoms with E-state index < -0.39 is 0 Å². The number of aromatic nitrogens is 3. The summed E-state index contributed by atoms with van der Waals surface area (Å²) < 4.78 is 12.5. The van der Waals surface area contributed by atoms with E-state index in [4.69, 9.17) is 9.47 Å². The molecule has 3 atom stereocenters. The molecule has 1 aromatic heterocycles. The number of nitrogens with zero attached hydrogens (tertiary/aromatic N) is 4. The first-order chi connectivity index (χ1) is 11.0. The molecule has 2 N–H and O–H groups in total. The van der Waals surface area contributed by atoms with Gasteiger partial charge in [0, 0.05) is 19.7 Å². The molecule has 1 fully saturated rings. The summed E-state index contributed by atoms with van der Waals surface area (Å²) in [4.78, 5) is 13.9. The summed E-state index contributed by atoms with van der Waals surface area (Å²) in [6.07, 6.45) is 1.79. The Morgan fingerprint density at radius 1 is 1.57 bits per heavy atom. The largest absolute Gasteiger partial charge is 0.377 e. The number of rotatable bonds is 7. The number of urea groups is 1. The Kier molecular flexibility index (Phi) is 6.31. The van der Waals surface area contributed by atoms with Crippen LogP contribution in [0.15, 0.2) is 6.20 Å². The van der Waals surface area contributed by atoms with E-state index in [0.717, 1.165) is 6.54 Å². The lowest BCUT2D eigenvalue weighted by molar-refractivity contribution is 0.0661. The van der Waals surface area contributed by atoms with Gasteiger partial charge in [0.2, 0.25) is 0 Å². The van der Waals surface area contributed by atoms with Crippen LogP contribution in [-0.2, 0) is 16.0 Å². The third-order valence-electron chi connectivity index (χ3n) is 3.65. The first kappa shape index (κ1) is 17.6. The summed E-state index contributed by atoms with van der Waals surface area (Å²) in [6.45, 7) is 4.17. The molecule has 0 spiro atoms. The molecule has 2 heterocycles. The second-order valence-corrected chi connectivity index (χ2v) is 6.06. The van der Waals surface area contributed by atoms with E-state index in [1.54, 1.807) is 11.8 Å². The fourth-order valence-electron chi connectivity index (χ4n) is 2.59. The SMILES string of the molecule is CO[C@@H]1COC[C@H]1n1cc(CNC(=O)N[C@@H](C)CN(C)C)nn1. The number of hydrogen-bond donors (Lipinski definition) is 2. The van der Waals surface area contributed by atoms with Crippen molar-refractivity contribution >= 4 is 6.03 Å². The Morgan fingerprint density at radius 2 is 2.35 bits per heavy atom. The molecule has 23 heavy (non-hydrogen) atoms. The molecule has 9 nitrogen and oxygen atoms in total. The Balaban J connectivity index is 1.79. The summed E-state index contributed by atoms with van der Waals surface area (Å²) >= 11 is 0. The lowest BCUT2D eigenvalue weighted by Gasteiger charge is -2.18. The maximum absolute atomic E-state index is 11.8. The van der Waals surface area contributed by atoms with Gasteiger partial charge in [-0.15, -0.1) is 5.10 Å². The second kappa shape index (κ2) is 8.23. The summed E-state index contributed by atoms with van der Waals surface area (Å²) in [7, 11) is 5.59. The van der Waals surface area contributed by atoms with Gasteiger partial charge in [0.15, 0.2) is 0 Å². The topological polar surface area (TPSA) is 93.5 Å². The van der Waals surface area contributed by atoms with Gasteiger partial charge in [-0.2, -0.15) is 0 Å². The number of methoxy groups -OCH3 is 1. The molecular formula is C14H26N6O3. The van der Waals surface area contributed by atoms with Gasteiger partial charge < -0.3 is 25.0 Å². The predicted octanol–water partition coefficient (Wildman–Crippen LogP) is -0.386. The van der Waals surface area contributed by atoms with Crippen LogP contribution in [0.25, 0.3) is 0 Å². The molecule has 0 radical (unpaired) electrons. The quantitative estimate of drug-likeness (QED) is 0.709. The third kappa shape index (κ3) is 5.15. The average molecular weight is 326 g/mol. The van der Waals surface area contributed by atoms with Crippen molar-refractivity contribution in [3.8, 4) is 0 Å². The van der Waals surface area contributed by atoms with E-state index in [2.05, 4.69) is 20.9 Å². The molecule has 2 rings (SSSR count). The molecule has 1 aliphatic rings. The van der Waals surface area contributed by atoms with Gasteiger partial charge in [0.05, 0.1) is 26.0 Å². The number of carbonyl (C=O) groups is 1. The number of nitrogens with one attached hydrogen (secondary N) is 2. The zero-order valence-electron chi connectivity index (χ0n) is 14.2. The molecule has 1 aromatic rings. The maximum Gasteiger partial charge on any atom is 0.315 e. The Morgan fingerprint density at radius 3 is 3.04 bits per heavy atom. The van der Waals surface area contributed by atoms with Crippen molar-refractivity contribution in [2.24, 2.45) is 0 Å². The third-order valence-corrected chi connectivity index (χ3v) is 3.65. The molecule has 0 unspecified atom stereocenters. The Bertz CT molecular complexity index is 506. The van der Waals surface area contributed by atoms with E-state index >= 15 is 0 Å². The fraction of sp³-hybridized carbons (Fsp3) is 0.786. The predicted molar refractivity (Wildman–Crippen MR) is 84.1 cm³/mol. The molecule has 0 bridgehead atoms. The van der Waals surface area contributed by atoms with Crippen LogP contribution in [0.5, 0.6) is 0 Å². The highest BCUT2D eigenvalue weighted by Gasteiger charge is 2.30. The second-order valence-electron chi connectivity index (χ2n) is 6.06. The zero-order chi connectivity index (χ0) is 16.8. The first-order valence-electron chi connectivity index (χ1n) is 7.70. The molecular weight excluding hydrogens is 300 g/mol. The smallest absolute Gasteiger partial charge is 0.315 e. The van der Waals surface area contributed by atoms with Crippen molar-refractivity contribution in [2.75, 3.05) is 41.0 Å². The Hall–Kier alpha value is -1.71. The summed E-state index contributed by atoms with van der Waals surface area (Å²) in [6, 6.07) is -0.123. The number of amides is 2. The highest BCUT2D eigenvalue weighted by molar-refractivity contribution is 5.74.